The van der Waals surface area contributed by atoms with E-state index >= 15 is 0 Å². The fourth-order valence-corrected chi connectivity index (χ4v) is 2.77. The van der Waals surface area contributed by atoms with Crippen LogP contribution in [0.3, 0.4) is 0 Å². The van der Waals surface area contributed by atoms with Crippen molar-refractivity contribution in [1.82, 2.24) is 0 Å². The molecule has 3 nitrogen and oxygen atoms in total. The summed E-state index contributed by atoms with van der Waals surface area (Å²) in [6.45, 7) is 2.10. The van der Waals surface area contributed by atoms with Crippen molar-refractivity contribution in [2.75, 3.05) is 5.32 Å². The van der Waals surface area contributed by atoms with Crippen molar-refractivity contribution < 1.29 is 9.59 Å². The van der Waals surface area contributed by atoms with Gasteiger partial charge in [0, 0.05) is 5.56 Å². The number of alkyl halides is 1. The van der Waals surface area contributed by atoms with Gasteiger partial charge in [0.15, 0.2) is 10.1 Å². The van der Waals surface area contributed by atoms with Crippen molar-refractivity contribution in [3.8, 4) is 0 Å². The number of Topliss-reactive ketones (excluding diaryl/α,β-unsaturated/α-hetero) is 1. The fraction of sp³-hybridized carbons (Fsp3) is 0.429. The topological polar surface area (TPSA) is 46.2 Å². The van der Waals surface area contributed by atoms with Crippen molar-refractivity contribution in [2.24, 2.45) is 0 Å². The van der Waals surface area contributed by atoms with Gasteiger partial charge in [-0.15, -0.1) is 0 Å². The number of unbranched alkanes of at least 4 members (excludes halogenated alkanes) is 2. The first-order valence-corrected chi connectivity index (χ1v) is 7.03. The Morgan fingerprint density at radius 3 is 2.67 bits per heavy atom. The van der Waals surface area contributed by atoms with Crippen LogP contribution in [0, 0.1) is 0 Å². The van der Waals surface area contributed by atoms with E-state index in [1.165, 1.54) is 0 Å². The van der Waals surface area contributed by atoms with Crippen LogP contribution in [0.2, 0.25) is 0 Å². The Kier molecular flexibility index (Phi) is 3.85. The summed E-state index contributed by atoms with van der Waals surface area (Å²) < 4.78 is -1.09. The number of hydrogen-bond donors (Lipinski definition) is 1. The lowest BCUT2D eigenvalue weighted by atomic mass is 9.87. The summed E-state index contributed by atoms with van der Waals surface area (Å²) >= 11 is 3.37. The molecule has 1 atom stereocenters. The molecule has 1 aromatic rings. The number of fused-ring (bicyclic) bond motifs is 1. The van der Waals surface area contributed by atoms with Crippen molar-refractivity contribution >= 4 is 33.3 Å². The molecule has 1 heterocycles. The van der Waals surface area contributed by atoms with E-state index in [1.54, 1.807) is 12.1 Å². The number of hydrogen-bond acceptors (Lipinski definition) is 2. The van der Waals surface area contributed by atoms with Gasteiger partial charge in [-0.25, -0.2) is 0 Å². The van der Waals surface area contributed by atoms with Crippen LogP contribution in [0.1, 0.15) is 43.0 Å². The molecule has 0 spiro atoms. The van der Waals surface area contributed by atoms with E-state index < -0.39 is 4.32 Å². The SMILES string of the molecule is CCCCCC1(Br)C(=O)Nc2ccccc2C1=O. The van der Waals surface area contributed by atoms with E-state index in [2.05, 4.69) is 28.2 Å². The van der Waals surface area contributed by atoms with Gasteiger partial charge < -0.3 is 5.32 Å². The third kappa shape index (κ3) is 2.21. The smallest absolute Gasteiger partial charge is 0.249 e. The second kappa shape index (κ2) is 5.22. The number of rotatable bonds is 4. The fourth-order valence-electron chi connectivity index (χ4n) is 2.17. The zero-order valence-electron chi connectivity index (χ0n) is 10.3. The summed E-state index contributed by atoms with van der Waals surface area (Å²) in [6, 6.07) is 7.13. The van der Waals surface area contributed by atoms with Gasteiger partial charge in [-0.2, -0.15) is 0 Å². The molecule has 1 aliphatic heterocycles. The second-order valence-corrected chi connectivity index (χ2v) is 5.94. The molecule has 0 saturated heterocycles. The Labute approximate surface area is 115 Å². The molecule has 18 heavy (non-hydrogen) atoms. The number of nitrogens with one attached hydrogen (secondary N) is 1. The first kappa shape index (κ1) is 13.3. The highest BCUT2D eigenvalue weighted by Gasteiger charge is 2.47. The maximum Gasteiger partial charge on any atom is 0.249 e. The van der Waals surface area contributed by atoms with Crippen molar-refractivity contribution in [2.45, 2.75) is 36.9 Å². The first-order chi connectivity index (χ1) is 8.59. The summed E-state index contributed by atoms with van der Waals surface area (Å²) in [7, 11) is 0. The highest BCUT2D eigenvalue weighted by Crippen LogP contribution is 2.37. The number of carbonyl (C=O) groups excluding carboxylic acids is 2. The third-order valence-electron chi connectivity index (χ3n) is 3.26. The average molecular weight is 310 g/mol. The second-order valence-electron chi connectivity index (χ2n) is 4.59. The summed E-state index contributed by atoms with van der Waals surface area (Å²) in [5, 5.41) is 2.80. The minimum absolute atomic E-state index is 0.127. The molecule has 0 fully saturated rings. The van der Waals surface area contributed by atoms with Crippen LogP contribution in [0.4, 0.5) is 5.69 Å². The van der Waals surface area contributed by atoms with Crippen LogP contribution in [0.25, 0.3) is 0 Å². The van der Waals surface area contributed by atoms with Crippen LogP contribution in [0.5, 0.6) is 0 Å². The number of halogens is 1. The molecule has 1 aliphatic rings. The van der Waals surface area contributed by atoms with Crippen LogP contribution in [0.15, 0.2) is 24.3 Å². The summed E-state index contributed by atoms with van der Waals surface area (Å²) in [5.41, 5.74) is 1.20. The van der Waals surface area contributed by atoms with E-state index in [1.807, 2.05) is 12.1 Å². The largest absolute Gasteiger partial charge is 0.324 e. The van der Waals surface area contributed by atoms with Gasteiger partial charge in [-0.1, -0.05) is 54.2 Å². The lowest BCUT2D eigenvalue weighted by molar-refractivity contribution is -0.117. The van der Waals surface area contributed by atoms with E-state index in [0.29, 0.717) is 17.7 Å². The molecule has 0 saturated carbocycles. The minimum Gasteiger partial charge on any atom is -0.324 e. The molecular formula is C14H16BrNO2. The Morgan fingerprint density at radius 2 is 1.94 bits per heavy atom. The average Bonchev–Trinajstić information content (AvgIpc) is 2.37. The zero-order valence-corrected chi connectivity index (χ0v) is 11.9. The van der Waals surface area contributed by atoms with Gasteiger partial charge in [0.25, 0.3) is 0 Å². The van der Waals surface area contributed by atoms with Crippen LogP contribution in [-0.4, -0.2) is 16.0 Å². The van der Waals surface area contributed by atoms with E-state index in [-0.39, 0.29) is 11.7 Å². The predicted molar refractivity (Wildman–Crippen MR) is 75.2 cm³/mol. The number of carbonyl (C=O) groups is 2. The minimum atomic E-state index is -1.09. The van der Waals surface area contributed by atoms with E-state index in [9.17, 15) is 9.59 Å². The normalized spacial score (nSPS) is 22.6. The Bertz CT molecular complexity index is 486. The van der Waals surface area contributed by atoms with Gasteiger partial charge >= 0.3 is 0 Å². The maximum absolute atomic E-state index is 12.4. The number of para-hydroxylation sites is 1. The lowest BCUT2D eigenvalue weighted by Crippen LogP contribution is -2.48. The van der Waals surface area contributed by atoms with Crippen LogP contribution < -0.4 is 5.32 Å². The summed E-state index contributed by atoms with van der Waals surface area (Å²) in [6.07, 6.45) is 3.49. The molecule has 0 radical (unpaired) electrons. The summed E-state index contributed by atoms with van der Waals surface area (Å²) in [4.78, 5) is 24.5. The Balaban J connectivity index is 2.28. The highest BCUT2D eigenvalue weighted by atomic mass is 79.9. The molecule has 1 N–H and O–H groups in total. The standard InChI is InChI=1S/C14H16BrNO2/c1-2-3-6-9-14(15)12(17)10-7-4-5-8-11(10)16-13(14)18/h4-5,7-8H,2-3,6,9H2,1H3,(H,16,18). The van der Waals surface area contributed by atoms with Crippen molar-refractivity contribution in [3.05, 3.63) is 29.8 Å². The molecule has 1 unspecified atom stereocenters. The molecule has 1 aromatic carbocycles. The number of benzene rings is 1. The number of anilines is 1. The van der Waals surface area contributed by atoms with Gasteiger partial charge in [0.05, 0.1) is 5.69 Å². The quantitative estimate of drug-likeness (QED) is 0.525. The first-order valence-electron chi connectivity index (χ1n) is 6.24. The monoisotopic (exact) mass is 309 g/mol. The molecule has 0 aromatic heterocycles. The van der Waals surface area contributed by atoms with Crippen molar-refractivity contribution in [1.29, 1.82) is 0 Å². The van der Waals surface area contributed by atoms with Gasteiger partial charge in [0.2, 0.25) is 5.91 Å². The predicted octanol–water partition coefficient (Wildman–Crippen LogP) is 3.54. The Morgan fingerprint density at radius 1 is 1.22 bits per heavy atom. The summed E-state index contributed by atoms with van der Waals surface area (Å²) in [5.74, 6) is -0.375. The molecular weight excluding hydrogens is 294 g/mol. The van der Waals surface area contributed by atoms with Crippen LogP contribution in [-0.2, 0) is 4.79 Å². The van der Waals surface area contributed by atoms with Crippen molar-refractivity contribution in [3.63, 3.8) is 0 Å². The molecule has 2 rings (SSSR count). The molecule has 0 bridgehead atoms. The molecule has 0 aliphatic carbocycles. The third-order valence-corrected chi connectivity index (χ3v) is 4.38. The van der Waals surface area contributed by atoms with Crippen LogP contribution >= 0.6 is 15.9 Å². The molecule has 96 valence electrons. The maximum atomic E-state index is 12.4. The molecule has 4 heteroatoms. The van der Waals surface area contributed by atoms with Gasteiger partial charge in [0.1, 0.15) is 0 Å². The number of amides is 1. The Hall–Kier alpha value is -1.16. The lowest BCUT2D eigenvalue weighted by Gasteiger charge is -2.30. The van der Waals surface area contributed by atoms with Gasteiger partial charge in [-0.3, -0.25) is 9.59 Å². The molecule has 1 amide bonds. The van der Waals surface area contributed by atoms with E-state index in [4.69, 9.17) is 0 Å². The zero-order chi connectivity index (χ0) is 13.2. The highest BCUT2D eigenvalue weighted by molar-refractivity contribution is 9.10. The van der Waals surface area contributed by atoms with Gasteiger partial charge in [-0.05, 0) is 18.6 Å². The van der Waals surface area contributed by atoms with E-state index in [0.717, 1.165) is 19.3 Å². The number of ketones is 1.